The molecule has 0 aliphatic heterocycles. The van der Waals surface area contributed by atoms with Crippen LogP contribution < -0.4 is 0 Å². The zero-order valence-corrected chi connectivity index (χ0v) is 16.2. The SMILES string of the molecule is [2H]C([2H])(c1ccnc(-c2cccc3c2oc2c4cnccc4ccc32)c1)C(C)(C)C. The van der Waals surface area contributed by atoms with Crippen LogP contribution in [0.5, 0.6) is 0 Å². The number of benzene rings is 2. The number of rotatable bonds is 2. The summed E-state index contributed by atoms with van der Waals surface area (Å²) in [4.78, 5) is 8.81. The molecule has 5 rings (SSSR count). The molecule has 0 atom stereocenters. The van der Waals surface area contributed by atoms with Crippen molar-refractivity contribution in [1.29, 1.82) is 0 Å². The lowest BCUT2D eigenvalue weighted by Crippen LogP contribution is -2.09. The summed E-state index contributed by atoms with van der Waals surface area (Å²) >= 11 is 0. The van der Waals surface area contributed by atoms with Gasteiger partial charge in [0.1, 0.15) is 11.2 Å². The van der Waals surface area contributed by atoms with Gasteiger partial charge in [-0.05, 0) is 53.1 Å². The van der Waals surface area contributed by atoms with Crippen LogP contribution in [0.25, 0.3) is 44.0 Å². The minimum absolute atomic E-state index is 0.539. The van der Waals surface area contributed by atoms with Gasteiger partial charge in [-0.3, -0.25) is 9.97 Å². The summed E-state index contributed by atoms with van der Waals surface area (Å²) in [6, 6.07) is 15.7. The average Bonchev–Trinajstić information content (AvgIpc) is 3.12. The minimum Gasteiger partial charge on any atom is -0.455 e. The Labute approximate surface area is 166 Å². The molecule has 2 aromatic carbocycles. The van der Waals surface area contributed by atoms with Crippen molar-refractivity contribution in [1.82, 2.24) is 9.97 Å². The largest absolute Gasteiger partial charge is 0.455 e. The van der Waals surface area contributed by atoms with E-state index < -0.39 is 11.8 Å². The Hall–Kier alpha value is -3.20. The molecule has 3 heteroatoms. The number of pyridine rings is 2. The number of aromatic nitrogens is 2. The van der Waals surface area contributed by atoms with E-state index in [0.29, 0.717) is 11.3 Å². The summed E-state index contributed by atoms with van der Waals surface area (Å²) in [7, 11) is 0. The fourth-order valence-electron chi connectivity index (χ4n) is 3.71. The standard InChI is InChI=1S/C25H22N2O/c1-25(2,3)14-16-9-12-27-22(13-16)20-6-4-5-18-19-8-7-17-10-11-26-15-21(17)24(19)28-23(18)20/h4-13,15H,14H2,1-3H3/i14D2. The molecule has 0 bridgehead atoms. The predicted molar refractivity (Wildman–Crippen MR) is 115 cm³/mol. The Morgan fingerprint density at radius 2 is 1.79 bits per heavy atom. The third-order valence-electron chi connectivity index (χ3n) is 4.84. The molecule has 0 aliphatic carbocycles. The fraction of sp³-hybridized carbons (Fsp3) is 0.200. The lowest BCUT2D eigenvalue weighted by Gasteiger charge is -2.18. The van der Waals surface area contributed by atoms with Crippen molar-refractivity contribution < 1.29 is 7.16 Å². The molecule has 0 saturated carbocycles. The first-order valence-electron chi connectivity index (χ1n) is 10.4. The summed E-state index contributed by atoms with van der Waals surface area (Å²) < 4.78 is 23.6. The maximum atomic E-state index is 8.63. The second kappa shape index (κ2) is 6.16. The fourth-order valence-corrected chi connectivity index (χ4v) is 3.71. The molecule has 3 heterocycles. The Bertz CT molecular complexity index is 1410. The third kappa shape index (κ3) is 2.84. The zero-order chi connectivity index (χ0) is 21.1. The highest BCUT2D eigenvalue weighted by Crippen LogP contribution is 2.38. The Balaban J connectivity index is 1.76. The van der Waals surface area contributed by atoms with Gasteiger partial charge in [0.25, 0.3) is 0 Å². The number of furan rings is 1. The van der Waals surface area contributed by atoms with Crippen LogP contribution in [0, 0.1) is 5.41 Å². The van der Waals surface area contributed by atoms with Gasteiger partial charge in [-0.2, -0.15) is 0 Å². The molecule has 0 N–H and O–H groups in total. The van der Waals surface area contributed by atoms with Crippen LogP contribution in [0.15, 0.2) is 71.5 Å². The van der Waals surface area contributed by atoms with Crippen molar-refractivity contribution in [2.75, 3.05) is 0 Å². The second-order valence-corrected chi connectivity index (χ2v) is 8.13. The van der Waals surface area contributed by atoms with E-state index in [2.05, 4.69) is 22.1 Å². The number of hydrogen-bond acceptors (Lipinski definition) is 3. The van der Waals surface area contributed by atoms with Crippen LogP contribution in [-0.4, -0.2) is 9.97 Å². The first kappa shape index (κ1) is 14.8. The smallest absolute Gasteiger partial charge is 0.144 e. The molecule has 5 aromatic rings. The Kier molecular flexibility index (Phi) is 3.26. The number of hydrogen-bond donors (Lipinski definition) is 0. The quantitative estimate of drug-likeness (QED) is 0.344. The number of fused-ring (bicyclic) bond motifs is 5. The van der Waals surface area contributed by atoms with Gasteiger partial charge in [-0.1, -0.05) is 39.0 Å². The van der Waals surface area contributed by atoms with E-state index in [4.69, 9.17) is 7.16 Å². The first-order valence-corrected chi connectivity index (χ1v) is 9.42. The van der Waals surface area contributed by atoms with Crippen molar-refractivity contribution in [2.24, 2.45) is 5.41 Å². The molecule has 3 aromatic heterocycles. The summed E-state index contributed by atoms with van der Waals surface area (Å²) in [5.74, 6) is 0. The molecule has 3 nitrogen and oxygen atoms in total. The molecule has 0 spiro atoms. The Morgan fingerprint density at radius 3 is 2.64 bits per heavy atom. The van der Waals surface area contributed by atoms with Gasteiger partial charge in [0.2, 0.25) is 0 Å². The van der Waals surface area contributed by atoms with Crippen molar-refractivity contribution in [2.45, 2.75) is 27.1 Å². The molecular weight excluding hydrogens is 344 g/mol. The van der Waals surface area contributed by atoms with Crippen molar-refractivity contribution in [3.63, 3.8) is 0 Å². The van der Waals surface area contributed by atoms with Crippen molar-refractivity contribution >= 4 is 32.7 Å². The maximum absolute atomic E-state index is 8.63. The number of para-hydroxylation sites is 1. The van der Waals surface area contributed by atoms with Gasteiger partial charge >= 0.3 is 0 Å². The average molecular weight is 368 g/mol. The van der Waals surface area contributed by atoms with Crippen LogP contribution in [0.2, 0.25) is 0 Å². The van der Waals surface area contributed by atoms with E-state index in [0.717, 1.165) is 38.3 Å². The molecule has 28 heavy (non-hydrogen) atoms. The van der Waals surface area contributed by atoms with Crippen LogP contribution >= 0.6 is 0 Å². The molecule has 138 valence electrons. The minimum atomic E-state index is -1.49. The van der Waals surface area contributed by atoms with Crippen LogP contribution in [-0.2, 0) is 6.37 Å². The van der Waals surface area contributed by atoms with E-state index in [1.54, 1.807) is 18.5 Å². The molecule has 0 amide bonds. The van der Waals surface area contributed by atoms with Crippen LogP contribution in [0.1, 0.15) is 29.1 Å². The van der Waals surface area contributed by atoms with E-state index in [1.807, 2.05) is 57.3 Å². The normalized spacial score (nSPS) is 13.8. The molecule has 0 unspecified atom stereocenters. The van der Waals surface area contributed by atoms with Crippen molar-refractivity contribution in [3.8, 4) is 11.3 Å². The highest BCUT2D eigenvalue weighted by Gasteiger charge is 2.16. The highest BCUT2D eigenvalue weighted by molar-refractivity contribution is 6.16. The van der Waals surface area contributed by atoms with Gasteiger partial charge < -0.3 is 4.42 Å². The Morgan fingerprint density at radius 1 is 0.929 bits per heavy atom. The van der Waals surface area contributed by atoms with Gasteiger partial charge in [-0.25, -0.2) is 0 Å². The van der Waals surface area contributed by atoms with E-state index in [9.17, 15) is 0 Å². The highest BCUT2D eigenvalue weighted by atomic mass is 16.3. The first-order chi connectivity index (χ1) is 14.3. The second-order valence-electron chi connectivity index (χ2n) is 8.13. The van der Waals surface area contributed by atoms with E-state index >= 15 is 0 Å². The summed E-state index contributed by atoms with van der Waals surface area (Å²) in [6.07, 6.45) is 3.79. The predicted octanol–water partition coefficient (Wildman–Crippen LogP) is 6.78. The van der Waals surface area contributed by atoms with Crippen molar-refractivity contribution in [3.05, 3.63) is 72.7 Å². The van der Waals surface area contributed by atoms with Gasteiger partial charge in [-0.15, -0.1) is 0 Å². The third-order valence-corrected chi connectivity index (χ3v) is 4.84. The monoisotopic (exact) mass is 368 g/mol. The lowest BCUT2D eigenvalue weighted by molar-refractivity contribution is 0.411. The van der Waals surface area contributed by atoms with Crippen LogP contribution in [0.4, 0.5) is 0 Å². The van der Waals surface area contributed by atoms with Gasteiger partial charge in [0, 0.05) is 43.1 Å². The topological polar surface area (TPSA) is 38.9 Å². The molecule has 0 saturated heterocycles. The summed E-state index contributed by atoms with van der Waals surface area (Å²) in [6.45, 7) is 5.73. The lowest BCUT2D eigenvalue weighted by atomic mass is 9.88. The maximum Gasteiger partial charge on any atom is 0.144 e. The molecular formula is C25H22N2O. The molecule has 0 aliphatic rings. The van der Waals surface area contributed by atoms with E-state index in [1.165, 1.54) is 0 Å². The van der Waals surface area contributed by atoms with Gasteiger partial charge in [0.05, 0.1) is 5.69 Å². The molecule has 0 radical (unpaired) electrons. The summed E-state index contributed by atoms with van der Waals surface area (Å²) in [5, 5.41) is 4.10. The number of nitrogens with zero attached hydrogens (tertiary/aromatic N) is 2. The van der Waals surface area contributed by atoms with Gasteiger partial charge in [0.15, 0.2) is 0 Å². The zero-order valence-electron chi connectivity index (χ0n) is 18.2. The van der Waals surface area contributed by atoms with Crippen LogP contribution in [0.3, 0.4) is 0 Å². The van der Waals surface area contributed by atoms with E-state index in [-0.39, 0.29) is 0 Å². The summed E-state index contributed by atoms with van der Waals surface area (Å²) in [5.41, 5.74) is 3.19. The molecule has 0 fully saturated rings.